The predicted molar refractivity (Wildman–Crippen MR) is 63.4 cm³/mol. The zero-order chi connectivity index (χ0) is 11.3. The van der Waals surface area contributed by atoms with Crippen LogP contribution in [0.25, 0.3) is 0 Å². The second-order valence-electron chi connectivity index (χ2n) is 5.28. The number of aryl methyl sites for hydroxylation is 2. The summed E-state index contributed by atoms with van der Waals surface area (Å²) in [6.45, 7) is 5.87. The maximum atomic E-state index is 6.33. The maximum Gasteiger partial charge on any atom is 0.150 e. The molecule has 0 aromatic carbocycles. The van der Waals surface area contributed by atoms with E-state index in [2.05, 4.69) is 14.9 Å². The number of aromatic nitrogens is 2. The van der Waals surface area contributed by atoms with Crippen molar-refractivity contribution >= 4 is 5.82 Å². The van der Waals surface area contributed by atoms with Crippen LogP contribution in [0.5, 0.6) is 0 Å². The minimum atomic E-state index is 0.0534. The maximum absolute atomic E-state index is 6.33. The van der Waals surface area contributed by atoms with Crippen LogP contribution in [0, 0.1) is 19.8 Å². The summed E-state index contributed by atoms with van der Waals surface area (Å²) in [5.41, 5.74) is 8.36. The lowest BCUT2D eigenvalue weighted by molar-refractivity contribution is 0.288. The van der Waals surface area contributed by atoms with Crippen LogP contribution in [0.4, 0.5) is 5.82 Å². The molecule has 2 fully saturated rings. The molecule has 0 spiro atoms. The number of nitrogens with two attached hydrogens (primary N) is 1. The van der Waals surface area contributed by atoms with Gasteiger partial charge in [0.1, 0.15) is 5.82 Å². The molecule has 2 aliphatic rings. The standard InChI is InChI=1S/C12H18N4/c1-8-5-14-9(2)11(15-8)16-6-12(13,7-16)10-3-4-10/h5,10H,3-4,6-7,13H2,1-2H3. The molecule has 1 aromatic heterocycles. The summed E-state index contributed by atoms with van der Waals surface area (Å²) in [7, 11) is 0. The van der Waals surface area contributed by atoms with Gasteiger partial charge in [0.15, 0.2) is 0 Å². The highest BCUT2D eigenvalue weighted by atomic mass is 15.3. The summed E-state index contributed by atoms with van der Waals surface area (Å²) < 4.78 is 0. The van der Waals surface area contributed by atoms with E-state index in [1.54, 1.807) is 0 Å². The largest absolute Gasteiger partial charge is 0.351 e. The van der Waals surface area contributed by atoms with Gasteiger partial charge in [-0.25, -0.2) is 4.98 Å². The third kappa shape index (κ3) is 1.48. The van der Waals surface area contributed by atoms with Crippen LogP contribution < -0.4 is 10.6 Å². The van der Waals surface area contributed by atoms with Crippen molar-refractivity contribution < 1.29 is 0 Å². The average Bonchev–Trinajstić information content (AvgIpc) is 3.01. The SMILES string of the molecule is Cc1cnc(C)c(N2CC(N)(C3CC3)C2)n1. The Morgan fingerprint density at radius 2 is 2.06 bits per heavy atom. The fourth-order valence-corrected chi connectivity index (χ4v) is 2.55. The summed E-state index contributed by atoms with van der Waals surface area (Å²) in [5, 5.41) is 0. The van der Waals surface area contributed by atoms with Crippen molar-refractivity contribution in [1.82, 2.24) is 9.97 Å². The average molecular weight is 218 g/mol. The van der Waals surface area contributed by atoms with Crippen LogP contribution in [-0.2, 0) is 0 Å². The second-order valence-corrected chi connectivity index (χ2v) is 5.28. The number of anilines is 1. The van der Waals surface area contributed by atoms with Gasteiger partial charge in [-0.3, -0.25) is 4.98 Å². The Balaban J connectivity index is 1.77. The molecule has 2 heterocycles. The van der Waals surface area contributed by atoms with Crippen molar-refractivity contribution in [3.05, 3.63) is 17.6 Å². The highest BCUT2D eigenvalue weighted by Crippen LogP contribution is 2.44. The van der Waals surface area contributed by atoms with Gasteiger partial charge in [0.25, 0.3) is 0 Å². The first-order valence-electron chi connectivity index (χ1n) is 5.92. The van der Waals surface area contributed by atoms with Gasteiger partial charge in [-0.2, -0.15) is 0 Å². The van der Waals surface area contributed by atoms with Gasteiger partial charge in [0.2, 0.25) is 0 Å². The third-order valence-electron chi connectivity index (χ3n) is 3.71. The lowest BCUT2D eigenvalue weighted by Crippen LogP contribution is -2.69. The first kappa shape index (κ1) is 10.0. The summed E-state index contributed by atoms with van der Waals surface area (Å²) in [4.78, 5) is 11.2. The van der Waals surface area contributed by atoms with E-state index in [1.807, 2.05) is 20.0 Å². The lowest BCUT2D eigenvalue weighted by Gasteiger charge is -2.49. The van der Waals surface area contributed by atoms with E-state index in [4.69, 9.17) is 5.73 Å². The summed E-state index contributed by atoms with van der Waals surface area (Å²) in [6.07, 6.45) is 4.43. The van der Waals surface area contributed by atoms with Crippen LogP contribution in [0.15, 0.2) is 6.20 Å². The molecule has 1 aliphatic carbocycles. The summed E-state index contributed by atoms with van der Waals surface area (Å²) in [5.74, 6) is 1.77. The smallest absolute Gasteiger partial charge is 0.150 e. The Morgan fingerprint density at radius 1 is 1.38 bits per heavy atom. The minimum absolute atomic E-state index is 0.0534. The number of rotatable bonds is 2. The van der Waals surface area contributed by atoms with Gasteiger partial charge >= 0.3 is 0 Å². The van der Waals surface area contributed by atoms with Gasteiger partial charge in [-0.1, -0.05) is 0 Å². The van der Waals surface area contributed by atoms with Crippen LogP contribution in [0.3, 0.4) is 0 Å². The second kappa shape index (κ2) is 3.17. The molecule has 0 radical (unpaired) electrons. The van der Waals surface area contributed by atoms with Gasteiger partial charge in [0, 0.05) is 19.3 Å². The lowest BCUT2D eigenvalue weighted by atomic mass is 9.85. The molecule has 0 atom stereocenters. The van der Waals surface area contributed by atoms with E-state index in [0.29, 0.717) is 0 Å². The Hall–Kier alpha value is -1.16. The molecule has 86 valence electrons. The van der Waals surface area contributed by atoms with E-state index >= 15 is 0 Å². The normalized spacial score (nSPS) is 23.1. The molecule has 0 unspecified atom stereocenters. The van der Waals surface area contributed by atoms with E-state index in [-0.39, 0.29) is 5.54 Å². The molecule has 4 nitrogen and oxygen atoms in total. The molecule has 1 saturated carbocycles. The van der Waals surface area contributed by atoms with Crippen molar-refractivity contribution in [3.8, 4) is 0 Å². The predicted octanol–water partition coefficient (Wildman–Crippen LogP) is 1.02. The topological polar surface area (TPSA) is 55.0 Å². The number of hydrogen-bond acceptors (Lipinski definition) is 4. The highest BCUT2D eigenvalue weighted by Gasteiger charge is 2.50. The minimum Gasteiger partial charge on any atom is -0.351 e. The molecular formula is C12H18N4. The number of nitrogens with zero attached hydrogens (tertiary/aromatic N) is 3. The molecule has 3 rings (SSSR count). The fraction of sp³-hybridized carbons (Fsp3) is 0.667. The monoisotopic (exact) mass is 218 g/mol. The zero-order valence-corrected chi connectivity index (χ0v) is 9.90. The van der Waals surface area contributed by atoms with Gasteiger partial charge in [0.05, 0.1) is 16.9 Å². The van der Waals surface area contributed by atoms with Crippen LogP contribution in [0.2, 0.25) is 0 Å². The quantitative estimate of drug-likeness (QED) is 0.805. The molecule has 1 aliphatic heterocycles. The van der Waals surface area contributed by atoms with Crippen molar-refractivity contribution in [2.24, 2.45) is 11.7 Å². The van der Waals surface area contributed by atoms with E-state index < -0.39 is 0 Å². The fourth-order valence-electron chi connectivity index (χ4n) is 2.55. The molecule has 0 amide bonds. The summed E-state index contributed by atoms with van der Waals surface area (Å²) >= 11 is 0. The zero-order valence-electron chi connectivity index (χ0n) is 9.90. The Labute approximate surface area is 95.9 Å². The summed E-state index contributed by atoms with van der Waals surface area (Å²) in [6, 6.07) is 0. The van der Waals surface area contributed by atoms with E-state index in [1.165, 1.54) is 12.8 Å². The molecule has 4 heteroatoms. The van der Waals surface area contributed by atoms with Gasteiger partial charge < -0.3 is 10.6 Å². The van der Waals surface area contributed by atoms with E-state index in [0.717, 1.165) is 36.2 Å². The highest BCUT2D eigenvalue weighted by molar-refractivity contribution is 5.48. The number of hydrogen-bond donors (Lipinski definition) is 1. The van der Waals surface area contributed by atoms with Crippen molar-refractivity contribution in [1.29, 1.82) is 0 Å². The molecule has 1 aromatic rings. The third-order valence-corrected chi connectivity index (χ3v) is 3.71. The molecule has 1 saturated heterocycles. The van der Waals surface area contributed by atoms with Crippen LogP contribution in [0.1, 0.15) is 24.2 Å². The molecule has 0 bridgehead atoms. The first-order chi connectivity index (χ1) is 7.58. The molecule has 2 N–H and O–H groups in total. The van der Waals surface area contributed by atoms with Gasteiger partial charge in [-0.15, -0.1) is 0 Å². The van der Waals surface area contributed by atoms with Crippen molar-refractivity contribution in [2.45, 2.75) is 32.2 Å². The van der Waals surface area contributed by atoms with E-state index in [9.17, 15) is 0 Å². The molecular weight excluding hydrogens is 200 g/mol. The van der Waals surface area contributed by atoms with Crippen molar-refractivity contribution in [3.63, 3.8) is 0 Å². The Kier molecular flexibility index (Phi) is 1.98. The van der Waals surface area contributed by atoms with Crippen LogP contribution >= 0.6 is 0 Å². The molecule has 16 heavy (non-hydrogen) atoms. The Bertz CT molecular complexity index is 419. The first-order valence-corrected chi connectivity index (χ1v) is 5.92. The van der Waals surface area contributed by atoms with Crippen LogP contribution in [-0.4, -0.2) is 28.6 Å². The Morgan fingerprint density at radius 3 is 2.69 bits per heavy atom. The van der Waals surface area contributed by atoms with Crippen molar-refractivity contribution in [2.75, 3.05) is 18.0 Å². The van der Waals surface area contributed by atoms with Gasteiger partial charge in [-0.05, 0) is 32.6 Å².